The van der Waals surface area contributed by atoms with Crippen LogP contribution < -0.4 is 0 Å². The molecular weight excluding hydrogens is 128 g/mol. The summed E-state index contributed by atoms with van der Waals surface area (Å²) in [6, 6.07) is 0. The van der Waals surface area contributed by atoms with Crippen molar-refractivity contribution < 1.29 is 9.84 Å². The molecule has 1 N–H and O–H groups in total. The molecule has 10 heavy (non-hydrogen) atoms. The molecule has 0 radical (unpaired) electrons. The van der Waals surface area contributed by atoms with Crippen LogP contribution in [0.5, 0.6) is 0 Å². The fraction of sp³-hybridized carbons (Fsp3) is 0.500. The Kier molecular flexibility index (Phi) is 2.12. The van der Waals surface area contributed by atoms with Gasteiger partial charge in [0.1, 0.15) is 6.10 Å². The fourth-order valence-corrected chi connectivity index (χ4v) is 0.904. The van der Waals surface area contributed by atoms with Crippen LogP contribution >= 0.6 is 0 Å². The van der Waals surface area contributed by atoms with Gasteiger partial charge in [0, 0.05) is 0 Å². The second kappa shape index (κ2) is 2.88. The van der Waals surface area contributed by atoms with Crippen molar-refractivity contribution in [2.45, 2.75) is 20.0 Å². The maximum Gasteiger partial charge on any atom is 0.142 e. The van der Waals surface area contributed by atoms with E-state index in [4.69, 9.17) is 9.84 Å². The molecule has 0 bridgehead atoms. The first kappa shape index (κ1) is 7.35. The monoisotopic (exact) mass is 140 g/mol. The van der Waals surface area contributed by atoms with E-state index in [1.165, 1.54) is 5.57 Å². The SMILES string of the molecule is CC1=C(C)C(CO)OC=C1. The van der Waals surface area contributed by atoms with Gasteiger partial charge in [0.2, 0.25) is 0 Å². The van der Waals surface area contributed by atoms with Gasteiger partial charge in [-0.15, -0.1) is 0 Å². The maximum atomic E-state index is 8.79. The van der Waals surface area contributed by atoms with Crippen LogP contribution in [0.3, 0.4) is 0 Å². The van der Waals surface area contributed by atoms with Gasteiger partial charge in [0.15, 0.2) is 0 Å². The molecule has 1 aliphatic rings. The van der Waals surface area contributed by atoms with Crippen molar-refractivity contribution in [1.29, 1.82) is 0 Å². The highest BCUT2D eigenvalue weighted by Gasteiger charge is 2.13. The van der Waals surface area contributed by atoms with Gasteiger partial charge in [-0.2, -0.15) is 0 Å². The van der Waals surface area contributed by atoms with Crippen molar-refractivity contribution in [1.82, 2.24) is 0 Å². The lowest BCUT2D eigenvalue weighted by Crippen LogP contribution is -2.19. The second-order valence-corrected chi connectivity index (χ2v) is 2.48. The number of allylic oxidation sites excluding steroid dienone is 2. The van der Waals surface area contributed by atoms with Crippen molar-refractivity contribution in [2.75, 3.05) is 6.61 Å². The fourth-order valence-electron chi connectivity index (χ4n) is 0.904. The van der Waals surface area contributed by atoms with Crippen molar-refractivity contribution in [3.8, 4) is 0 Å². The van der Waals surface area contributed by atoms with Gasteiger partial charge in [-0.1, -0.05) is 0 Å². The van der Waals surface area contributed by atoms with Crippen LogP contribution in [-0.4, -0.2) is 17.8 Å². The molecule has 1 aliphatic heterocycles. The normalized spacial score (nSPS) is 24.9. The van der Waals surface area contributed by atoms with Crippen LogP contribution in [0.2, 0.25) is 0 Å². The van der Waals surface area contributed by atoms with Crippen molar-refractivity contribution in [3.63, 3.8) is 0 Å². The highest BCUT2D eigenvalue weighted by molar-refractivity contribution is 5.27. The summed E-state index contributed by atoms with van der Waals surface area (Å²) in [6.07, 6.45) is 3.41. The predicted molar refractivity (Wildman–Crippen MR) is 39.5 cm³/mol. The van der Waals surface area contributed by atoms with E-state index in [1.54, 1.807) is 6.26 Å². The van der Waals surface area contributed by atoms with Gasteiger partial charge in [0.05, 0.1) is 12.9 Å². The Labute approximate surface area is 60.8 Å². The summed E-state index contributed by atoms with van der Waals surface area (Å²) >= 11 is 0. The average Bonchev–Trinajstić information content (AvgIpc) is 1.95. The molecule has 0 saturated carbocycles. The minimum atomic E-state index is -0.120. The number of ether oxygens (including phenoxy) is 1. The predicted octanol–water partition coefficient (Wildman–Crippen LogP) is 1.23. The summed E-state index contributed by atoms with van der Waals surface area (Å²) in [5.74, 6) is 0. The molecule has 0 aromatic rings. The Bertz CT molecular complexity index is 180. The number of aliphatic hydroxyl groups is 1. The zero-order valence-corrected chi connectivity index (χ0v) is 6.29. The number of rotatable bonds is 1. The molecule has 1 atom stereocenters. The third kappa shape index (κ3) is 1.21. The molecule has 0 saturated heterocycles. The summed E-state index contributed by atoms with van der Waals surface area (Å²) in [4.78, 5) is 0. The second-order valence-electron chi connectivity index (χ2n) is 2.48. The van der Waals surface area contributed by atoms with Crippen LogP contribution in [0.15, 0.2) is 23.5 Å². The third-order valence-corrected chi connectivity index (χ3v) is 1.83. The van der Waals surface area contributed by atoms with Gasteiger partial charge in [0.25, 0.3) is 0 Å². The lowest BCUT2D eigenvalue weighted by atomic mass is 10.0. The summed E-state index contributed by atoms with van der Waals surface area (Å²) in [6.45, 7) is 4.05. The lowest BCUT2D eigenvalue weighted by Gasteiger charge is -2.19. The molecule has 0 aromatic carbocycles. The molecular formula is C8H12O2. The van der Waals surface area contributed by atoms with E-state index in [9.17, 15) is 0 Å². The minimum Gasteiger partial charge on any atom is -0.491 e. The topological polar surface area (TPSA) is 29.5 Å². The largest absolute Gasteiger partial charge is 0.491 e. The van der Waals surface area contributed by atoms with Gasteiger partial charge in [-0.3, -0.25) is 0 Å². The molecule has 2 nitrogen and oxygen atoms in total. The molecule has 0 fully saturated rings. The van der Waals surface area contributed by atoms with Crippen molar-refractivity contribution in [3.05, 3.63) is 23.5 Å². The number of hydrogen-bond donors (Lipinski definition) is 1. The molecule has 0 aromatic heterocycles. The quantitative estimate of drug-likeness (QED) is 0.593. The van der Waals surface area contributed by atoms with Gasteiger partial charge in [-0.25, -0.2) is 0 Å². The van der Waals surface area contributed by atoms with E-state index in [-0.39, 0.29) is 12.7 Å². The van der Waals surface area contributed by atoms with E-state index in [0.717, 1.165) is 5.57 Å². The molecule has 2 heteroatoms. The molecule has 1 rings (SSSR count). The van der Waals surface area contributed by atoms with Crippen LogP contribution in [0, 0.1) is 0 Å². The smallest absolute Gasteiger partial charge is 0.142 e. The van der Waals surface area contributed by atoms with E-state index in [0.29, 0.717) is 0 Å². The summed E-state index contributed by atoms with van der Waals surface area (Å²) in [5.41, 5.74) is 2.30. The summed E-state index contributed by atoms with van der Waals surface area (Å²) < 4.78 is 5.12. The molecule has 0 aliphatic carbocycles. The van der Waals surface area contributed by atoms with Crippen LogP contribution in [0.25, 0.3) is 0 Å². The van der Waals surface area contributed by atoms with E-state index in [1.807, 2.05) is 19.9 Å². The lowest BCUT2D eigenvalue weighted by molar-refractivity contribution is 0.0996. The molecule has 56 valence electrons. The van der Waals surface area contributed by atoms with E-state index in [2.05, 4.69) is 0 Å². The average molecular weight is 140 g/mol. The Hall–Kier alpha value is -0.760. The first-order valence-corrected chi connectivity index (χ1v) is 3.36. The summed E-state index contributed by atoms with van der Waals surface area (Å²) in [7, 11) is 0. The number of aliphatic hydroxyl groups excluding tert-OH is 1. The minimum absolute atomic E-state index is 0.0630. The van der Waals surface area contributed by atoms with Gasteiger partial charge >= 0.3 is 0 Å². The van der Waals surface area contributed by atoms with Crippen LogP contribution in [-0.2, 0) is 4.74 Å². The van der Waals surface area contributed by atoms with Gasteiger partial charge < -0.3 is 9.84 Å². The highest BCUT2D eigenvalue weighted by atomic mass is 16.5. The Morgan fingerprint density at radius 3 is 2.80 bits per heavy atom. The molecule has 0 spiro atoms. The van der Waals surface area contributed by atoms with Crippen molar-refractivity contribution in [2.24, 2.45) is 0 Å². The third-order valence-electron chi connectivity index (χ3n) is 1.83. The first-order chi connectivity index (χ1) is 4.75. The Morgan fingerprint density at radius 1 is 1.60 bits per heavy atom. The Morgan fingerprint density at radius 2 is 2.30 bits per heavy atom. The standard InChI is InChI=1S/C8H12O2/c1-6-3-4-10-8(5-9)7(6)2/h3-4,8-9H,5H2,1-2H3. The van der Waals surface area contributed by atoms with Crippen molar-refractivity contribution >= 4 is 0 Å². The molecule has 0 amide bonds. The summed E-state index contributed by atoms with van der Waals surface area (Å²) in [5, 5.41) is 8.79. The Balaban J connectivity index is 2.77. The number of hydrogen-bond acceptors (Lipinski definition) is 2. The van der Waals surface area contributed by atoms with E-state index < -0.39 is 0 Å². The molecule has 1 heterocycles. The molecule has 1 unspecified atom stereocenters. The van der Waals surface area contributed by atoms with Crippen LogP contribution in [0.1, 0.15) is 13.8 Å². The highest BCUT2D eigenvalue weighted by Crippen LogP contribution is 2.17. The zero-order valence-electron chi connectivity index (χ0n) is 6.29. The van der Waals surface area contributed by atoms with Gasteiger partial charge in [-0.05, 0) is 31.1 Å². The van der Waals surface area contributed by atoms with Crippen LogP contribution in [0.4, 0.5) is 0 Å². The van der Waals surface area contributed by atoms with E-state index >= 15 is 0 Å². The first-order valence-electron chi connectivity index (χ1n) is 3.36. The zero-order chi connectivity index (χ0) is 7.56. The maximum absolute atomic E-state index is 8.79.